The van der Waals surface area contributed by atoms with Crippen molar-refractivity contribution in [1.82, 2.24) is 0 Å². The van der Waals surface area contributed by atoms with Gasteiger partial charge in [0.2, 0.25) is 6.79 Å². The first-order valence-corrected chi connectivity index (χ1v) is 7.40. The molecule has 0 amide bonds. The average molecular weight is 323 g/mol. The number of rotatable bonds is 2. The van der Waals surface area contributed by atoms with E-state index in [0.717, 1.165) is 22.4 Å². The third-order valence-corrected chi connectivity index (χ3v) is 3.97. The first kappa shape index (κ1) is 14.4. The van der Waals surface area contributed by atoms with Gasteiger partial charge < -0.3 is 9.47 Å². The third-order valence-electron chi connectivity index (χ3n) is 3.97. The number of nitrogens with zero attached hydrogens (tertiary/aromatic N) is 3. The van der Waals surface area contributed by atoms with E-state index in [0.29, 0.717) is 23.6 Å². The highest BCUT2D eigenvalue weighted by atomic mass is 16.7. The first-order valence-electron chi connectivity index (χ1n) is 7.40. The summed E-state index contributed by atoms with van der Waals surface area (Å²) in [5.74, 6) is 1.38. The minimum Gasteiger partial charge on any atom is -0.454 e. The van der Waals surface area contributed by atoms with E-state index >= 15 is 0 Å². The van der Waals surface area contributed by atoms with Crippen LogP contribution < -0.4 is 9.47 Å². The molecule has 0 aromatic heterocycles. The minimum atomic E-state index is -0.424. The lowest BCUT2D eigenvalue weighted by Gasteiger charge is -2.10. The van der Waals surface area contributed by atoms with Crippen LogP contribution in [0.3, 0.4) is 0 Å². The van der Waals surface area contributed by atoms with Gasteiger partial charge in [-0.1, -0.05) is 0 Å². The molecule has 24 heavy (non-hydrogen) atoms. The van der Waals surface area contributed by atoms with E-state index in [9.17, 15) is 10.1 Å². The summed E-state index contributed by atoms with van der Waals surface area (Å²) in [5, 5.41) is 19.4. The monoisotopic (exact) mass is 323 g/mol. The van der Waals surface area contributed by atoms with Crippen molar-refractivity contribution in [2.24, 2.45) is 10.2 Å². The second-order valence-corrected chi connectivity index (χ2v) is 5.63. The Morgan fingerprint density at radius 2 is 1.79 bits per heavy atom. The fourth-order valence-electron chi connectivity index (χ4n) is 2.81. The molecule has 2 heterocycles. The Labute approximate surface area is 137 Å². The van der Waals surface area contributed by atoms with Crippen LogP contribution in [0.15, 0.2) is 46.6 Å². The van der Waals surface area contributed by atoms with Crippen LogP contribution in [0.5, 0.6) is 11.5 Å². The highest BCUT2D eigenvalue weighted by Crippen LogP contribution is 2.36. The van der Waals surface area contributed by atoms with Gasteiger partial charge in [-0.3, -0.25) is 10.1 Å². The molecule has 2 aliphatic rings. The van der Waals surface area contributed by atoms with Crippen molar-refractivity contribution in [3.05, 3.63) is 63.2 Å². The van der Waals surface area contributed by atoms with Crippen molar-refractivity contribution in [1.29, 1.82) is 0 Å². The van der Waals surface area contributed by atoms with Crippen LogP contribution in [0.4, 0.5) is 5.69 Å². The normalized spacial score (nSPS) is 15.2. The number of non-ortho nitro benzene ring substituents is 1. The smallest absolute Gasteiger partial charge is 0.269 e. The quantitative estimate of drug-likeness (QED) is 0.627. The zero-order valence-electron chi connectivity index (χ0n) is 12.9. The average Bonchev–Trinajstić information content (AvgIpc) is 2.96. The largest absolute Gasteiger partial charge is 0.454 e. The molecule has 0 unspecified atom stereocenters. The summed E-state index contributed by atoms with van der Waals surface area (Å²) in [6.45, 7) is 2.12. The molecule has 0 saturated carbocycles. The van der Waals surface area contributed by atoms with Gasteiger partial charge in [0.15, 0.2) is 11.5 Å². The van der Waals surface area contributed by atoms with Gasteiger partial charge in [-0.2, -0.15) is 5.10 Å². The Morgan fingerprint density at radius 3 is 2.50 bits per heavy atom. The number of hydrogen-bond acceptors (Lipinski definition) is 6. The molecular weight excluding hydrogens is 310 g/mol. The van der Waals surface area contributed by atoms with Crippen LogP contribution in [0.2, 0.25) is 0 Å². The van der Waals surface area contributed by atoms with Crippen LogP contribution in [0.1, 0.15) is 23.6 Å². The van der Waals surface area contributed by atoms with Gasteiger partial charge in [0.05, 0.1) is 4.92 Å². The molecule has 0 radical (unpaired) electrons. The predicted octanol–water partition coefficient (Wildman–Crippen LogP) is 3.09. The molecule has 2 aromatic rings. The molecule has 0 atom stereocenters. The maximum Gasteiger partial charge on any atom is 0.269 e. The zero-order valence-corrected chi connectivity index (χ0v) is 12.9. The number of hydrogen-bond donors (Lipinski definition) is 0. The molecule has 0 aliphatic carbocycles. The number of benzene rings is 2. The van der Waals surface area contributed by atoms with Crippen molar-refractivity contribution < 1.29 is 14.4 Å². The summed E-state index contributed by atoms with van der Waals surface area (Å²) in [7, 11) is 0. The van der Waals surface area contributed by atoms with Gasteiger partial charge in [-0.25, -0.2) is 0 Å². The Balaban J connectivity index is 1.85. The number of fused-ring (bicyclic) bond motifs is 2. The van der Waals surface area contributed by atoms with E-state index in [1.54, 1.807) is 12.1 Å². The molecule has 0 N–H and O–H groups in total. The first-order chi connectivity index (χ1) is 11.6. The van der Waals surface area contributed by atoms with Crippen LogP contribution in [-0.4, -0.2) is 23.1 Å². The fourth-order valence-corrected chi connectivity index (χ4v) is 2.81. The second-order valence-electron chi connectivity index (χ2n) is 5.63. The van der Waals surface area contributed by atoms with Gasteiger partial charge in [0.25, 0.3) is 5.69 Å². The Morgan fingerprint density at radius 1 is 1.08 bits per heavy atom. The van der Waals surface area contributed by atoms with Gasteiger partial charge in [0.1, 0.15) is 5.71 Å². The molecule has 2 aromatic carbocycles. The highest BCUT2D eigenvalue weighted by molar-refractivity contribution is 6.15. The summed E-state index contributed by atoms with van der Waals surface area (Å²) in [6, 6.07) is 10.1. The molecule has 0 fully saturated rings. The molecule has 7 nitrogen and oxygen atoms in total. The zero-order chi connectivity index (χ0) is 16.7. The second kappa shape index (κ2) is 5.45. The Bertz CT molecular complexity index is 901. The predicted molar refractivity (Wildman–Crippen MR) is 88.1 cm³/mol. The molecule has 120 valence electrons. The molecule has 0 spiro atoms. The standard InChI is InChI=1S/C17H13N3O4/c1-10-6-12-7-15-16(24-9-23-15)8-14(12)17(19-18-10)11-2-4-13(5-3-11)20(21)22/h2-5,7-8H,6,9H2,1H3. The molecule has 0 bridgehead atoms. The summed E-state index contributed by atoms with van der Waals surface area (Å²) in [5.41, 5.74) is 4.28. The van der Waals surface area contributed by atoms with Gasteiger partial charge in [0, 0.05) is 35.4 Å². The Kier molecular flexibility index (Phi) is 3.26. The van der Waals surface area contributed by atoms with Gasteiger partial charge in [-0.15, -0.1) is 5.10 Å². The van der Waals surface area contributed by atoms with E-state index in [1.165, 1.54) is 12.1 Å². The molecular formula is C17H13N3O4. The van der Waals surface area contributed by atoms with Crippen molar-refractivity contribution in [3.8, 4) is 11.5 Å². The SMILES string of the molecule is CC1=NN=C(c2ccc([N+](=O)[O-])cc2)c2cc3c(cc2C1)OCO3. The maximum atomic E-state index is 10.8. The topological polar surface area (TPSA) is 86.3 Å². The van der Waals surface area contributed by atoms with Crippen molar-refractivity contribution in [2.45, 2.75) is 13.3 Å². The number of ether oxygens (including phenoxy) is 2. The van der Waals surface area contributed by atoms with Crippen molar-refractivity contribution in [2.75, 3.05) is 6.79 Å². The van der Waals surface area contributed by atoms with E-state index in [2.05, 4.69) is 10.2 Å². The molecule has 2 aliphatic heterocycles. The number of nitro groups is 1. The summed E-state index contributed by atoms with van der Waals surface area (Å²) >= 11 is 0. The van der Waals surface area contributed by atoms with Crippen LogP contribution in [0, 0.1) is 10.1 Å². The van der Waals surface area contributed by atoms with Crippen LogP contribution in [-0.2, 0) is 6.42 Å². The van der Waals surface area contributed by atoms with Gasteiger partial charge in [-0.05, 0) is 36.8 Å². The summed E-state index contributed by atoms with van der Waals surface area (Å²) in [6.07, 6.45) is 0.659. The van der Waals surface area contributed by atoms with Crippen LogP contribution in [0.25, 0.3) is 0 Å². The van der Waals surface area contributed by atoms with E-state index in [4.69, 9.17) is 9.47 Å². The van der Waals surface area contributed by atoms with E-state index in [-0.39, 0.29) is 12.5 Å². The van der Waals surface area contributed by atoms with Crippen LogP contribution >= 0.6 is 0 Å². The number of nitro benzene ring substituents is 1. The minimum absolute atomic E-state index is 0.0403. The van der Waals surface area contributed by atoms with E-state index in [1.807, 2.05) is 19.1 Å². The lowest BCUT2D eigenvalue weighted by Crippen LogP contribution is -2.07. The highest BCUT2D eigenvalue weighted by Gasteiger charge is 2.23. The fraction of sp³-hybridized carbons (Fsp3) is 0.176. The van der Waals surface area contributed by atoms with Crippen molar-refractivity contribution in [3.63, 3.8) is 0 Å². The molecule has 4 rings (SSSR count). The molecule has 7 heteroatoms. The lowest BCUT2D eigenvalue weighted by atomic mass is 9.94. The lowest BCUT2D eigenvalue weighted by molar-refractivity contribution is -0.384. The summed E-state index contributed by atoms with van der Waals surface area (Å²) in [4.78, 5) is 10.4. The summed E-state index contributed by atoms with van der Waals surface area (Å²) < 4.78 is 10.9. The third kappa shape index (κ3) is 2.40. The maximum absolute atomic E-state index is 10.8. The van der Waals surface area contributed by atoms with Gasteiger partial charge >= 0.3 is 0 Å². The molecule has 0 saturated heterocycles. The van der Waals surface area contributed by atoms with E-state index < -0.39 is 4.92 Å². The Hall–Kier alpha value is -3.22. The van der Waals surface area contributed by atoms with Crippen molar-refractivity contribution >= 4 is 17.1 Å².